The molecule has 1 saturated heterocycles. The molecule has 0 saturated carbocycles. The predicted octanol–water partition coefficient (Wildman–Crippen LogP) is -0.591. The molecule has 1 unspecified atom stereocenters. The standard InChI is InChI=1S/C9H10N6O3S2/c10-20(17,18)4-1-5(16)15(2-4)9-13-7-6(8(19)14-9)11-3-12-7/h3-4H,1-2H2,(H2,10,17,18)(H2,11,12,13,14,19). The molecule has 1 aliphatic rings. The van der Waals surface area contributed by atoms with Gasteiger partial charge in [0, 0.05) is 13.0 Å². The number of anilines is 1. The van der Waals surface area contributed by atoms with Gasteiger partial charge < -0.3 is 9.97 Å². The first kappa shape index (κ1) is 13.1. The Labute approximate surface area is 118 Å². The van der Waals surface area contributed by atoms with Gasteiger partial charge in [-0.05, 0) is 0 Å². The van der Waals surface area contributed by atoms with Crippen LogP contribution in [0, 0.1) is 4.64 Å². The van der Waals surface area contributed by atoms with Crippen LogP contribution in [0.4, 0.5) is 5.95 Å². The molecule has 1 atom stereocenters. The minimum absolute atomic E-state index is 0.0497. The Balaban J connectivity index is 2.03. The quantitative estimate of drug-likeness (QED) is 0.633. The van der Waals surface area contributed by atoms with Crippen LogP contribution in [-0.4, -0.2) is 46.1 Å². The van der Waals surface area contributed by atoms with Gasteiger partial charge in [0.1, 0.15) is 10.8 Å². The van der Waals surface area contributed by atoms with Crippen molar-refractivity contribution in [2.75, 3.05) is 11.4 Å². The number of H-pyrrole nitrogens is 2. The van der Waals surface area contributed by atoms with E-state index in [-0.39, 0.29) is 29.5 Å². The van der Waals surface area contributed by atoms with Crippen LogP contribution in [0.3, 0.4) is 0 Å². The summed E-state index contributed by atoms with van der Waals surface area (Å²) in [5.41, 5.74) is 1.00. The minimum atomic E-state index is -3.77. The van der Waals surface area contributed by atoms with E-state index in [2.05, 4.69) is 19.9 Å². The van der Waals surface area contributed by atoms with Crippen LogP contribution in [0.5, 0.6) is 0 Å². The highest BCUT2D eigenvalue weighted by atomic mass is 32.2. The van der Waals surface area contributed by atoms with E-state index in [1.54, 1.807) is 0 Å². The first-order valence-corrected chi connectivity index (χ1v) is 7.63. The summed E-state index contributed by atoms with van der Waals surface area (Å²) in [6.45, 7) is -0.0497. The van der Waals surface area contributed by atoms with Crippen molar-refractivity contribution in [3.8, 4) is 0 Å². The molecule has 0 radical (unpaired) electrons. The number of aromatic nitrogens is 4. The summed E-state index contributed by atoms with van der Waals surface area (Å²) >= 11 is 5.09. The van der Waals surface area contributed by atoms with Gasteiger partial charge in [-0.15, -0.1) is 0 Å². The summed E-state index contributed by atoms with van der Waals surface area (Å²) in [5, 5.41) is 4.14. The second-order valence-corrected chi connectivity index (χ2v) is 6.64. The molecule has 1 fully saturated rings. The summed E-state index contributed by atoms with van der Waals surface area (Å²) in [7, 11) is -3.77. The van der Waals surface area contributed by atoms with Crippen LogP contribution in [0.2, 0.25) is 0 Å². The molecular formula is C9H10N6O3S2. The molecule has 4 N–H and O–H groups in total. The maximum atomic E-state index is 11.9. The molecule has 106 valence electrons. The molecule has 3 rings (SSSR count). The molecule has 2 aromatic heterocycles. The average Bonchev–Trinajstić information content (AvgIpc) is 2.94. The molecule has 0 spiro atoms. The maximum Gasteiger partial charge on any atom is 0.230 e. The van der Waals surface area contributed by atoms with Crippen molar-refractivity contribution >= 4 is 45.3 Å². The Hall–Kier alpha value is -1.85. The molecule has 3 heterocycles. The highest BCUT2D eigenvalue weighted by molar-refractivity contribution is 7.89. The van der Waals surface area contributed by atoms with Crippen LogP contribution >= 0.6 is 12.2 Å². The lowest BCUT2D eigenvalue weighted by Crippen LogP contribution is -2.32. The number of fused-ring (bicyclic) bond motifs is 1. The van der Waals surface area contributed by atoms with Gasteiger partial charge in [-0.3, -0.25) is 9.69 Å². The van der Waals surface area contributed by atoms with Gasteiger partial charge in [0.05, 0.1) is 6.33 Å². The Kier molecular flexibility index (Phi) is 2.84. The summed E-state index contributed by atoms with van der Waals surface area (Å²) in [6, 6.07) is 0. The second kappa shape index (κ2) is 4.33. The van der Waals surface area contributed by atoms with Crippen LogP contribution in [-0.2, 0) is 14.8 Å². The number of sulfonamides is 1. The zero-order chi connectivity index (χ0) is 14.5. The van der Waals surface area contributed by atoms with Gasteiger partial charge in [-0.1, -0.05) is 12.2 Å². The number of carbonyl (C=O) groups is 1. The third-order valence-electron chi connectivity index (χ3n) is 3.10. The van der Waals surface area contributed by atoms with Crippen molar-refractivity contribution in [1.82, 2.24) is 19.9 Å². The van der Waals surface area contributed by atoms with E-state index in [4.69, 9.17) is 17.4 Å². The van der Waals surface area contributed by atoms with Gasteiger partial charge in [-0.2, -0.15) is 0 Å². The molecule has 1 amide bonds. The number of imidazole rings is 1. The van der Waals surface area contributed by atoms with Crippen LogP contribution in [0.1, 0.15) is 6.42 Å². The Morgan fingerprint density at radius 1 is 1.50 bits per heavy atom. The van der Waals surface area contributed by atoms with E-state index >= 15 is 0 Å². The van der Waals surface area contributed by atoms with E-state index in [1.165, 1.54) is 11.2 Å². The smallest absolute Gasteiger partial charge is 0.230 e. The van der Waals surface area contributed by atoms with Gasteiger partial charge >= 0.3 is 0 Å². The Morgan fingerprint density at radius 3 is 2.90 bits per heavy atom. The number of rotatable bonds is 2. The average molecular weight is 314 g/mol. The molecule has 2 aromatic rings. The van der Waals surface area contributed by atoms with Crippen molar-refractivity contribution in [1.29, 1.82) is 0 Å². The molecule has 0 aromatic carbocycles. The third kappa shape index (κ3) is 2.09. The van der Waals surface area contributed by atoms with Crippen LogP contribution < -0.4 is 10.0 Å². The molecule has 1 aliphatic heterocycles. The summed E-state index contributed by atoms with van der Waals surface area (Å²) < 4.78 is 22.9. The first-order chi connectivity index (χ1) is 9.36. The zero-order valence-corrected chi connectivity index (χ0v) is 11.7. The monoisotopic (exact) mass is 314 g/mol. The zero-order valence-electron chi connectivity index (χ0n) is 10.0. The Morgan fingerprint density at radius 2 is 2.25 bits per heavy atom. The maximum absolute atomic E-state index is 11.9. The number of primary sulfonamides is 1. The summed E-state index contributed by atoms with van der Waals surface area (Å²) in [6.07, 6.45) is 1.28. The normalized spacial score (nSPS) is 19.9. The largest absolute Gasteiger partial charge is 0.341 e. The number of hydrogen-bond acceptors (Lipinski definition) is 6. The lowest BCUT2D eigenvalue weighted by molar-refractivity contribution is -0.117. The molecular weight excluding hydrogens is 304 g/mol. The van der Waals surface area contributed by atoms with Crippen molar-refractivity contribution in [3.05, 3.63) is 11.0 Å². The number of nitrogens with one attached hydrogen (secondary N) is 2. The lowest BCUT2D eigenvalue weighted by atomic mass is 10.4. The van der Waals surface area contributed by atoms with E-state index in [9.17, 15) is 13.2 Å². The number of carbonyl (C=O) groups excluding carboxylic acids is 1. The van der Waals surface area contributed by atoms with E-state index in [0.717, 1.165) is 0 Å². The topological polar surface area (TPSA) is 138 Å². The van der Waals surface area contributed by atoms with Crippen molar-refractivity contribution < 1.29 is 13.2 Å². The molecule has 0 bridgehead atoms. The SMILES string of the molecule is NS(=O)(=O)C1CC(=O)N(c2nc(=S)c3[nH]cnc3[nH]2)C1. The fourth-order valence-corrected chi connectivity index (χ4v) is 3.04. The molecule has 9 nitrogen and oxygen atoms in total. The number of nitrogens with two attached hydrogens (primary N) is 1. The summed E-state index contributed by atoms with van der Waals surface area (Å²) in [5.74, 6) is -0.206. The number of hydrogen-bond donors (Lipinski definition) is 3. The number of aromatic amines is 2. The lowest BCUT2D eigenvalue weighted by Gasteiger charge is -2.14. The van der Waals surface area contributed by atoms with E-state index in [0.29, 0.717) is 11.2 Å². The van der Waals surface area contributed by atoms with Gasteiger partial charge in [-0.25, -0.2) is 23.5 Å². The number of amides is 1. The van der Waals surface area contributed by atoms with Crippen LogP contribution in [0.25, 0.3) is 11.2 Å². The molecule has 11 heteroatoms. The van der Waals surface area contributed by atoms with Gasteiger partial charge in [0.2, 0.25) is 21.9 Å². The van der Waals surface area contributed by atoms with E-state index in [1.807, 2.05) is 0 Å². The molecule has 0 aliphatic carbocycles. The third-order valence-corrected chi connectivity index (χ3v) is 4.64. The van der Waals surface area contributed by atoms with Gasteiger partial charge in [0.15, 0.2) is 10.3 Å². The number of nitrogens with zero attached hydrogens (tertiary/aromatic N) is 3. The summed E-state index contributed by atoms with van der Waals surface area (Å²) in [4.78, 5) is 26.9. The molecule has 20 heavy (non-hydrogen) atoms. The Bertz CT molecular complexity index is 854. The van der Waals surface area contributed by atoms with Crippen molar-refractivity contribution in [2.24, 2.45) is 5.14 Å². The van der Waals surface area contributed by atoms with Gasteiger partial charge in [0.25, 0.3) is 0 Å². The van der Waals surface area contributed by atoms with Crippen LogP contribution in [0.15, 0.2) is 6.33 Å². The second-order valence-electron chi connectivity index (χ2n) is 4.41. The van der Waals surface area contributed by atoms with Crippen molar-refractivity contribution in [3.63, 3.8) is 0 Å². The van der Waals surface area contributed by atoms with E-state index < -0.39 is 15.3 Å². The van der Waals surface area contributed by atoms with Crippen molar-refractivity contribution in [2.45, 2.75) is 11.7 Å². The fraction of sp³-hybridized carbons (Fsp3) is 0.333. The highest BCUT2D eigenvalue weighted by Gasteiger charge is 2.38. The minimum Gasteiger partial charge on any atom is -0.341 e. The predicted molar refractivity (Wildman–Crippen MR) is 72.9 cm³/mol. The first-order valence-electron chi connectivity index (χ1n) is 5.61. The highest BCUT2D eigenvalue weighted by Crippen LogP contribution is 2.22. The fourth-order valence-electron chi connectivity index (χ4n) is 2.07.